The van der Waals surface area contributed by atoms with Crippen LogP contribution in [0.1, 0.15) is 53.3 Å². The molecular formula is C16H30N4O. The van der Waals surface area contributed by atoms with E-state index in [2.05, 4.69) is 47.9 Å². The van der Waals surface area contributed by atoms with Crippen LogP contribution in [0, 0.1) is 0 Å². The highest BCUT2D eigenvalue weighted by molar-refractivity contribution is 5.50. The van der Waals surface area contributed by atoms with Crippen molar-refractivity contribution in [3.05, 3.63) is 11.9 Å². The van der Waals surface area contributed by atoms with Crippen LogP contribution in [0.4, 0.5) is 11.6 Å². The Hall–Kier alpha value is -1.36. The van der Waals surface area contributed by atoms with Gasteiger partial charge < -0.3 is 15.0 Å². The van der Waals surface area contributed by atoms with Crippen LogP contribution in [-0.2, 0) is 11.3 Å². The predicted molar refractivity (Wildman–Crippen MR) is 88.9 cm³/mol. The lowest BCUT2D eigenvalue weighted by Gasteiger charge is -2.28. The van der Waals surface area contributed by atoms with Crippen LogP contribution >= 0.6 is 0 Å². The summed E-state index contributed by atoms with van der Waals surface area (Å²) in [6, 6.07) is 2.46. The molecule has 1 heterocycles. The Kier molecular flexibility index (Phi) is 8.05. The zero-order valence-corrected chi connectivity index (χ0v) is 14.1. The van der Waals surface area contributed by atoms with E-state index in [4.69, 9.17) is 4.74 Å². The van der Waals surface area contributed by atoms with E-state index >= 15 is 0 Å². The van der Waals surface area contributed by atoms with Gasteiger partial charge in [0.2, 0.25) is 0 Å². The van der Waals surface area contributed by atoms with E-state index in [0.29, 0.717) is 19.3 Å². The summed E-state index contributed by atoms with van der Waals surface area (Å²) in [5.41, 5.74) is 0. The second-order valence-corrected chi connectivity index (χ2v) is 5.38. The van der Waals surface area contributed by atoms with Gasteiger partial charge in [-0.2, -0.15) is 0 Å². The van der Waals surface area contributed by atoms with Crippen molar-refractivity contribution in [1.29, 1.82) is 0 Å². The molecule has 0 aliphatic heterocycles. The van der Waals surface area contributed by atoms with E-state index in [0.717, 1.165) is 43.4 Å². The average molecular weight is 294 g/mol. The number of anilines is 2. The Morgan fingerprint density at radius 3 is 2.52 bits per heavy atom. The molecule has 0 atom stereocenters. The number of rotatable bonds is 10. The highest BCUT2D eigenvalue weighted by atomic mass is 16.5. The number of ether oxygens (including phenoxy) is 1. The van der Waals surface area contributed by atoms with Crippen molar-refractivity contribution in [2.45, 2.75) is 60.1 Å². The van der Waals surface area contributed by atoms with Gasteiger partial charge in [-0.3, -0.25) is 0 Å². The monoisotopic (exact) mass is 294 g/mol. The van der Waals surface area contributed by atoms with Crippen LogP contribution in [0.5, 0.6) is 0 Å². The van der Waals surface area contributed by atoms with Crippen molar-refractivity contribution >= 4 is 11.6 Å². The Bertz CT molecular complexity index is 383. The molecule has 0 amide bonds. The molecule has 0 unspecified atom stereocenters. The topological polar surface area (TPSA) is 50.3 Å². The van der Waals surface area contributed by atoms with Crippen molar-refractivity contribution < 1.29 is 4.74 Å². The lowest BCUT2D eigenvalue weighted by atomic mass is 10.3. The molecule has 1 N–H and O–H groups in total. The molecule has 0 aliphatic carbocycles. The minimum atomic E-state index is 0.416. The first-order chi connectivity index (χ1) is 10.1. The third kappa shape index (κ3) is 5.87. The van der Waals surface area contributed by atoms with Crippen molar-refractivity contribution in [2.24, 2.45) is 0 Å². The Labute approximate surface area is 129 Å². The Morgan fingerprint density at radius 1 is 1.19 bits per heavy atom. The van der Waals surface area contributed by atoms with Crippen LogP contribution in [-0.4, -0.2) is 35.7 Å². The van der Waals surface area contributed by atoms with Crippen LogP contribution in [0.2, 0.25) is 0 Å². The van der Waals surface area contributed by atoms with Gasteiger partial charge in [0.05, 0.1) is 0 Å². The van der Waals surface area contributed by atoms with Crippen LogP contribution in [0.25, 0.3) is 0 Å². The molecule has 0 saturated carbocycles. The summed E-state index contributed by atoms with van der Waals surface area (Å²) in [7, 11) is 0. The molecule has 0 saturated heterocycles. The van der Waals surface area contributed by atoms with Gasteiger partial charge in [0.1, 0.15) is 18.2 Å². The molecule has 0 fully saturated rings. The van der Waals surface area contributed by atoms with E-state index in [-0.39, 0.29) is 0 Å². The van der Waals surface area contributed by atoms with Crippen molar-refractivity contribution in [3.63, 3.8) is 0 Å². The summed E-state index contributed by atoms with van der Waals surface area (Å²) in [5, 5.41) is 3.35. The maximum absolute atomic E-state index is 5.46. The molecule has 21 heavy (non-hydrogen) atoms. The number of aromatic nitrogens is 2. The summed E-state index contributed by atoms with van der Waals surface area (Å²) in [4.78, 5) is 11.5. The molecule has 5 heteroatoms. The SMILES string of the molecule is CCCNc1cc(N(CCC)C(C)C)nc(COCC)n1. The molecule has 0 bridgehead atoms. The fourth-order valence-corrected chi connectivity index (χ4v) is 2.11. The standard InChI is InChI=1S/C16H30N4O/c1-6-9-17-14-11-16(20(10-7-2)13(4)5)19-15(18-14)12-21-8-3/h11,13H,6-10,12H2,1-5H3,(H,17,18,19). The molecule has 0 radical (unpaired) electrons. The predicted octanol–water partition coefficient (Wildman–Crippen LogP) is 3.46. The average Bonchev–Trinajstić information content (AvgIpc) is 2.48. The zero-order chi connectivity index (χ0) is 15.7. The van der Waals surface area contributed by atoms with Gasteiger partial charge in [-0.25, -0.2) is 9.97 Å². The lowest BCUT2D eigenvalue weighted by Crippen LogP contribution is -2.32. The van der Waals surface area contributed by atoms with Crippen LogP contribution in [0.3, 0.4) is 0 Å². The van der Waals surface area contributed by atoms with Gasteiger partial charge in [-0.1, -0.05) is 13.8 Å². The van der Waals surface area contributed by atoms with Gasteiger partial charge in [-0.05, 0) is 33.6 Å². The molecule has 0 spiro atoms. The first-order valence-electron chi connectivity index (χ1n) is 8.08. The third-order valence-corrected chi connectivity index (χ3v) is 3.13. The maximum Gasteiger partial charge on any atom is 0.158 e. The molecule has 1 aromatic rings. The van der Waals surface area contributed by atoms with E-state index in [1.807, 2.05) is 13.0 Å². The van der Waals surface area contributed by atoms with Crippen molar-refractivity contribution in [2.75, 3.05) is 29.9 Å². The summed E-state index contributed by atoms with van der Waals surface area (Å²) in [6.45, 7) is 13.8. The number of hydrogen-bond acceptors (Lipinski definition) is 5. The van der Waals surface area contributed by atoms with Crippen molar-refractivity contribution in [3.8, 4) is 0 Å². The zero-order valence-electron chi connectivity index (χ0n) is 14.1. The molecule has 1 rings (SSSR count). The molecule has 5 nitrogen and oxygen atoms in total. The summed E-state index contributed by atoms with van der Waals surface area (Å²) in [6.07, 6.45) is 2.17. The highest BCUT2D eigenvalue weighted by Crippen LogP contribution is 2.19. The van der Waals surface area contributed by atoms with Crippen LogP contribution < -0.4 is 10.2 Å². The first-order valence-corrected chi connectivity index (χ1v) is 8.08. The van der Waals surface area contributed by atoms with Gasteiger partial charge in [0.15, 0.2) is 5.82 Å². The molecule has 1 aromatic heterocycles. The highest BCUT2D eigenvalue weighted by Gasteiger charge is 2.14. The van der Waals surface area contributed by atoms with Gasteiger partial charge in [0, 0.05) is 31.8 Å². The third-order valence-electron chi connectivity index (χ3n) is 3.13. The smallest absolute Gasteiger partial charge is 0.158 e. The second kappa shape index (κ2) is 9.55. The molecule has 0 aromatic carbocycles. The fourth-order valence-electron chi connectivity index (χ4n) is 2.11. The van der Waals surface area contributed by atoms with E-state index < -0.39 is 0 Å². The van der Waals surface area contributed by atoms with E-state index in [1.54, 1.807) is 0 Å². The van der Waals surface area contributed by atoms with Crippen LogP contribution in [0.15, 0.2) is 6.07 Å². The summed E-state index contributed by atoms with van der Waals surface area (Å²) < 4.78 is 5.46. The molecule has 0 aliphatic rings. The number of nitrogens with zero attached hydrogens (tertiary/aromatic N) is 3. The second-order valence-electron chi connectivity index (χ2n) is 5.38. The van der Waals surface area contributed by atoms with E-state index in [9.17, 15) is 0 Å². The minimum absolute atomic E-state index is 0.416. The lowest BCUT2D eigenvalue weighted by molar-refractivity contribution is 0.128. The maximum atomic E-state index is 5.46. The van der Waals surface area contributed by atoms with E-state index in [1.165, 1.54) is 0 Å². The summed E-state index contributed by atoms with van der Waals surface area (Å²) in [5.74, 6) is 2.61. The minimum Gasteiger partial charge on any atom is -0.374 e. The van der Waals surface area contributed by atoms with Gasteiger partial charge in [0.25, 0.3) is 0 Å². The normalized spacial score (nSPS) is 11.0. The molecule has 120 valence electrons. The quantitative estimate of drug-likeness (QED) is 0.716. The Balaban J connectivity index is 3.02. The Morgan fingerprint density at radius 2 is 1.95 bits per heavy atom. The van der Waals surface area contributed by atoms with Crippen molar-refractivity contribution in [1.82, 2.24) is 9.97 Å². The van der Waals surface area contributed by atoms with Gasteiger partial charge >= 0.3 is 0 Å². The number of hydrogen-bond donors (Lipinski definition) is 1. The largest absolute Gasteiger partial charge is 0.374 e. The van der Waals surface area contributed by atoms with Gasteiger partial charge in [-0.15, -0.1) is 0 Å². The first kappa shape index (κ1) is 17.7. The molecular weight excluding hydrogens is 264 g/mol. The summed E-state index contributed by atoms with van der Waals surface area (Å²) >= 11 is 0. The number of nitrogens with one attached hydrogen (secondary N) is 1. The fraction of sp³-hybridized carbons (Fsp3) is 0.750.